The van der Waals surface area contributed by atoms with E-state index in [2.05, 4.69) is 10.3 Å². The number of carbonyl (C=O) groups excluding carboxylic acids is 2. The summed E-state index contributed by atoms with van der Waals surface area (Å²) in [6.07, 6.45) is 1.93. The number of benzene rings is 5. The summed E-state index contributed by atoms with van der Waals surface area (Å²) in [4.78, 5) is 49.6. The fourth-order valence-electron chi connectivity index (χ4n) is 5.70. The number of amides is 1. The van der Waals surface area contributed by atoms with E-state index in [1.807, 2.05) is 84.9 Å². The summed E-state index contributed by atoms with van der Waals surface area (Å²) in [6.45, 7) is 0. The predicted octanol–water partition coefficient (Wildman–Crippen LogP) is 7.23. The van der Waals surface area contributed by atoms with Crippen LogP contribution in [-0.4, -0.2) is 33.5 Å². The van der Waals surface area contributed by atoms with Crippen molar-refractivity contribution in [2.75, 3.05) is 12.4 Å². The SMILES string of the molecule is COC(=O)c1cccc(-c2ccc(NC(=O)c3ccc4ccccc4c3)cc2-n2c(=O)c(Cc3ccccc3)nc3cccnc32)c1. The lowest BCUT2D eigenvalue weighted by atomic mass is 10.00. The Balaban J connectivity index is 1.40. The highest BCUT2D eigenvalue weighted by Gasteiger charge is 2.19. The van der Waals surface area contributed by atoms with Crippen molar-refractivity contribution in [1.82, 2.24) is 14.5 Å². The summed E-state index contributed by atoms with van der Waals surface area (Å²) >= 11 is 0. The smallest absolute Gasteiger partial charge is 0.337 e. The highest BCUT2D eigenvalue weighted by molar-refractivity contribution is 6.07. The number of methoxy groups -OCH3 is 1. The van der Waals surface area contributed by atoms with E-state index in [0.717, 1.165) is 16.3 Å². The molecule has 0 aliphatic carbocycles. The summed E-state index contributed by atoms with van der Waals surface area (Å²) in [6, 6.07) is 39.0. The van der Waals surface area contributed by atoms with E-state index >= 15 is 0 Å². The molecule has 2 heterocycles. The van der Waals surface area contributed by atoms with Crippen LogP contribution in [0.1, 0.15) is 32.0 Å². The van der Waals surface area contributed by atoms with Crippen LogP contribution in [0.3, 0.4) is 0 Å². The quantitative estimate of drug-likeness (QED) is 0.190. The number of carbonyl (C=O) groups is 2. The minimum Gasteiger partial charge on any atom is -0.465 e. The Bertz CT molecular complexity index is 2370. The van der Waals surface area contributed by atoms with E-state index < -0.39 is 5.97 Å². The number of hydrogen-bond donors (Lipinski definition) is 1. The maximum Gasteiger partial charge on any atom is 0.337 e. The van der Waals surface area contributed by atoms with Crippen LogP contribution >= 0.6 is 0 Å². The first kappa shape index (κ1) is 29.3. The Morgan fingerprint density at radius 2 is 1.57 bits per heavy atom. The molecule has 1 amide bonds. The second-order valence-corrected chi connectivity index (χ2v) is 11.0. The number of aromatic nitrogens is 3. The van der Waals surface area contributed by atoms with Gasteiger partial charge in [-0.05, 0) is 70.4 Å². The van der Waals surface area contributed by atoms with Crippen LogP contribution in [0.15, 0.2) is 138 Å². The van der Waals surface area contributed by atoms with Crippen LogP contribution in [-0.2, 0) is 11.2 Å². The number of pyridine rings is 1. The van der Waals surface area contributed by atoms with Crippen molar-refractivity contribution in [3.8, 4) is 16.8 Å². The number of fused-ring (bicyclic) bond motifs is 2. The van der Waals surface area contributed by atoms with Crippen molar-refractivity contribution in [3.05, 3.63) is 166 Å². The van der Waals surface area contributed by atoms with E-state index in [4.69, 9.17) is 9.72 Å². The van der Waals surface area contributed by atoms with Crippen LogP contribution in [0.4, 0.5) is 5.69 Å². The summed E-state index contributed by atoms with van der Waals surface area (Å²) in [5.74, 6) is -0.775. The number of esters is 1. The van der Waals surface area contributed by atoms with Gasteiger partial charge in [0, 0.05) is 29.4 Å². The second-order valence-electron chi connectivity index (χ2n) is 11.0. The molecule has 0 aliphatic rings. The average Bonchev–Trinajstić information content (AvgIpc) is 3.12. The second kappa shape index (κ2) is 12.5. The molecule has 0 bridgehead atoms. The maximum absolute atomic E-state index is 14.4. The third kappa shape index (κ3) is 5.87. The highest BCUT2D eigenvalue weighted by atomic mass is 16.5. The molecule has 1 N–H and O–H groups in total. The van der Waals surface area contributed by atoms with E-state index in [1.54, 1.807) is 48.7 Å². The molecule has 0 unspecified atom stereocenters. The zero-order chi connectivity index (χ0) is 32.3. The van der Waals surface area contributed by atoms with Crippen molar-refractivity contribution in [1.29, 1.82) is 0 Å². The van der Waals surface area contributed by atoms with E-state index in [1.165, 1.54) is 11.7 Å². The van der Waals surface area contributed by atoms with Gasteiger partial charge in [0.2, 0.25) is 0 Å². The van der Waals surface area contributed by atoms with E-state index in [9.17, 15) is 14.4 Å². The molecule has 7 aromatic rings. The lowest BCUT2D eigenvalue weighted by molar-refractivity contribution is 0.0600. The molecule has 0 radical (unpaired) electrons. The average molecular weight is 617 g/mol. The first-order valence-electron chi connectivity index (χ1n) is 15.0. The zero-order valence-electron chi connectivity index (χ0n) is 25.4. The molecule has 0 saturated heterocycles. The number of nitrogens with zero attached hydrogens (tertiary/aromatic N) is 3. The van der Waals surface area contributed by atoms with E-state index in [-0.39, 0.29) is 11.5 Å². The number of anilines is 1. The van der Waals surface area contributed by atoms with E-state index in [0.29, 0.717) is 56.9 Å². The molecular weight excluding hydrogens is 588 g/mol. The van der Waals surface area contributed by atoms with Gasteiger partial charge in [0.25, 0.3) is 11.5 Å². The van der Waals surface area contributed by atoms with Gasteiger partial charge >= 0.3 is 5.97 Å². The van der Waals surface area contributed by atoms with Crippen LogP contribution in [0.25, 0.3) is 38.8 Å². The molecular formula is C39H28N4O4. The molecule has 47 heavy (non-hydrogen) atoms. The van der Waals surface area contributed by atoms with Crippen LogP contribution in [0.2, 0.25) is 0 Å². The first-order chi connectivity index (χ1) is 23.0. The van der Waals surface area contributed by atoms with Gasteiger partial charge < -0.3 is 10.1 Å². The minimum atomic E-state index is -0.481. The maximum atomic E-state index is 14.4. The Kier molecular flexibility index (Phi) is 7.81. The first-order valence-corrected chi connectivity index (χ1v) is 15.0. The largest absolute Gasteiger partial charge is 0.465 e. The van der Waals surface area contributed by atoms with Crippen molar-refractivity contribution in [3.63, 3.8) is 0 Å². The fourth-order valence-corrected chi connectivity index (χ4v) is 5.70. The summed E-state index contributed by atoms with van der Waals surface area (Å²) in [7, 11) is 1.33. The molecule has 0 saturated carbocycles. The molecule has 0 fully saturated rings. The third-order valence-electron chi connectivity index (χ3n) is 8.00. The van der Waals surface area contributed by atoms with Gasteiger partial charge in [0.15, 0.2) is 5.65 Å². The standard InChI is InChI=1S/C39H28N4O4/c1-47-39(46)30-14-7-13-28(23-30)32-19-18-31(41-37(44)29-17-16-26-11-5-6-12-27(26)22-29)24-35(32)43-36-33(15-8-20-40-36)42-34(38(43)45)21-25-9-3-2-4-10-25/h2-20,22-24H,21H2,1H3,(H,41,44). The molecule has 2 aromatic heterocycles. The van der Waals surface area contributed by atoms with Gasteiger partial charge in [-0.1, -0.05) is 78.9 Å². The summed E-state index contributed by atoms with van der Waals surface area (Å²) in [5.41, 5.74) is 4.96. The van der Waals surface area contributed by atoms with Gasteiger partial charge in [0.1, 0.15) is 11.2 Å². The molecule has 0 spiro atoms. The van der Waals surface area contributed by atoms with Gasteiger partial charge in [-0.25, -0.2) is 14.8 Å². The van der Waals surface area contributed by atoms with Crippen LogP contribution in [0.5, 0.6) is 0 Å². The minimum absolute atomic E-state index is 0.294. The number of hydrogen-bond acceptors (Lipinski definition) is 6. The Hall–Kier alpha value is -6.41. The molecule has 8 nitrogen and oxygen atoms in total. The lowest BCUT2D eigenvalue weighted by Gasteiger charge is -2.18. The molecule has 5 aromatic carbocycles. The van der Waals surface area contributed by atoms with Gasteiger partial charge in [-0.3, -0.25) is 14.2 Å². The van der Waals surface area contributed by atoms with Crippen molar-refractivity contribution >= 4 is 39.5 Å². The van der Waals surface area contributed by atoms with Crippen LogP contribution in [0, 0.1) is 0 Å². The fraction of sp³-hybridized carbons (Fsp3) is 0.0513. The highest BCUT2D eigenvalue weighted by Crippen LogP contribution is 2.32. The Labute approximate surface area is 269 Å². The van der Waals surface area contributed by atoms with Gasteiger partial charge in [-0.2, -0.15) is 0 Å². The summed E-state index contributed by atoms with van der Waals surface area (Å²) < 4.78 is 6.50. The third-order valence-corrected chi connectivity index (χ3v) is 8.00. The van der Waals surface area contributed by atoms with Crippen molar-refractivity contribution < 1.29 is 14.3 Å². The number of ether oxygens (including phenoxy) is 1. The number of nitrogens with one attached hydrogen (secondary N) is 1. The van der Waals surface area contributed by atoms with Crippen molar-refractivity contribution in [2.45, 2.75) is 6.42 Å². The summed E-state index contributed by atoms with van der Waals surface area (Å²) in [5, 5.41) is 5.00. The van der Waals surface area contributed by atoms with Gasteiger partial charge in [-0.15, -0.1) is 0 Å². The zero-order valence-corrected chi connectivity index (χ0v) is 25.4. The molecule has 228 valence electrons. The molecule has 8 heteroatoms. The van der Waals surface area contributed by atoms with Gasteiger partial charge in [0.05, 0.1) is 18.4 Å². The molecule has 0 aliphatic heterocycles. The molecule has 0 atom stereocenters. The number of rotatable bonds is 7. The molecule has 7 rings (SSSR count). The monoisotopic (exact) mass is 616 g/mol. The topological polar surface area (TPSA) is 103 Å². The predicted molar refractivity (Wildman–Crippen MR) is 183 cm³/mol. The van der Waals surface area contributed by atoms with Crippen molar-refractivity contribution in [2.24, 2.45) is 0 Å². The Morgan fingerprint density at radius 1 is 0.766 bits per heavy atom. The Morgan fingerprint density at radius 3 is 2.40 bits per heavy atom. The van der Waals surface area contributed by atoms with Crippen LogP contribution < -0.4 is 10.9 Å². The lowest BCUT2D eigenvalue weighted by Crippen LogP contribution is -2.26. The normalized spacial score (nSPS) is 11.0.